The van der Waals surface area contributed by atoms with Gasteiger partial charge in [-0.1, -0.05) is 52.0 Å². The molecule has 0 aromatic heterocycles. The van der Waals surface area contributed by atoms with Crippen LogP contribution < -0.4 is 5.32 Å². The Morgan fingerprint density at radius 2 is 1.65 bits per heavy atom. The van der Waals surface area contributed by atoms with E-state index >= 15 is 0 Å². The highest BCUT2D eigenvalue weighted by atomic mass is 15.0. The predicted molar refractivity (Wildman–Crippen MR) is 89.5 cm³/mol. The lowest BCUT2D eigenvalue weighted by Gasteiger charge is -2.23. The molecule has 0 aliphatic heterocycles. The van der Waals surface area contributed by atoms with Crippen LogP contribution in [0.4, 0.5) is 5.69 Å². The molecule has 110 valence electrons. The van der Waals surface area contributed by atoms with Crippen LogP contribution in [0.25, 0.3) is 0 Å². The van der Waals surface area contributed by atoms with Gasteiger partial charge in [-0.15, -0.1) is 0 Å². The number of hydrogen-bond donors (Lipinski definition) is 1. The molecular weight excluding hydrogens is 242 g/mol. The van der Waals surface area contributed by atoms with Crippen LogP contribution in [0, 0.1) is 25.7 Å². The zero-order valence-electron chi connectivity index (χ0n) is 14.0. The lowest BCUT2D eigenvalue weighted by atomic mass is 9.85. The minimum atomic E-state index is 0.217. The molecule has 1 aromatic carbocycles. The topological polar surface area (TPSA) is 12.0 Å². The van der Waals surface area contributed by atoms with Crippen LogP contribution in [0.2, 0.25) is 0 Å². The Labute approximate surface area is 124 Å². The zero-order valence-corrected chi connectivity index (χ0v) is 14.0. The van der Waals surface area contributed by atoms with E-state index in [0.29, 0.717) is 12.0 Å². The number of anilines is 1. The number of nitrogens with one attached hydrogen (secondary N) is 1. The third-order valence-corrected chi connectivity index (χ3v) is 4.57. The van der Waals surface area contributed by atoms with Gasteiger partial charge in [0.25, 0.3) is 0 Å². The number of aryl methyl sites for hydroxylation is 2. The zero-order chi connectivity index (χ0) is 15.1. The molecule has 1 fully saturated rings. The summed E-state index contributed by atoms with van der Waals surface area (Å²) in [5.74, 6) is 1.44. The molecule has 20 heavy (non-hydrogen) atoms. The molecule has 0 amide bonds. The Bertz CT molecular complexity index is 496. The molecule has 0 heterocycles. The average molecular weight is 271 g/mol. The SMILES string of the molecule is C/C=C\C1C(C)C1Nc1c(C)cc(C(C)(C)C)cc1C. The van der Waals surface area contributed by atoms with Crippen LogP contribution >= 0.6 is 0 Å². The van der Waals surface area contributed by atoms with Crippen molar-refractivity contribution in [2.45, 2.75) is 59.9 Å². The van der Waals surface area contributed by atoms with E-state index in [4.69, 9.17) is 0 Å². The van der Waals surface area contributed by atoms with Gasteiger partial charge < -0.3 is 5.32 Å². The second-order valence-electron chi connectivity index (χ2n) is 7.37. The van der Waals surface area contributed by atoms with Gasteiger partial charge in [-0.2, -0.15) is 0 Å². The first-order valence-corrected chi connectivity index (χ1v) is 7.76. The molecule has 1 nitrogen and oxygen atoms in total. The molecule has 1 aromatic rings. The standard InChI is InChI=1S/C19H29N/c1-8-9-16-14(4)18(16)20-17-12(2)10-15(11-13(17)3)19(5,6)7/h8-11,14,16,18,20H,1-7H3/b9-8-. The number of allylic oxidation sites excluding steroid dienone is 1. The van der Waals surface area contributed by atoms with Crippen molar-refractivity contribution in [2.24, 2.45) is 11.8 Å². The second kappa shape index (κ2) is 5.27. The summed E-state index contributed by atoms with van der Waals surface area (Å²) in [5, 5.41) is 3.76. The Hall–Kier alpha value is -1.24. The molecule has 0 bridgehead atoms. The van der Waals surface area contributed by atoms with E-state index in [1.807, 2.05) is 0 Å². The van der Waals surface area contributed by atoms with Crippen molar-refractivity contribution in [3.63, 3.8) is 0 Å². The molecule has 1 saturated carbocycles. The maximum Gasteiger partial charge on any atom is 0.0402 e. The van der Waals surface area contributed by atoms with E-state index in [-0.39, 0.29) is 5.41 Å². The van der Waals surface area contributed by atoms with Crippen molar-refractivity contribution in [1.82, 2.24) is 0 Å². The van der Waals surface area contributed by atoms with E-state index in [2.05, 4.69) is 78.1 Å². The molecule has 1 heteroatoms. The summed E-state index contributed by atoms with van der Waals surface area (Å²) in [6.45, 7) is 15.7. The monoisotopic (exact) mass is 271 g/mol. The van der Waals surface area contributed by atoms with Gasteiger partial charge >= 0.3 is 0 Å². The number of benzene rings is 1. The van der Waals surface area contributed by atoms with E-state index < -0.39 is 0 Å². The van der Waals surface area contributed by atoms with Gasteiger partial charge in [-0.25, -0.2) is 0 Å². The third kappa shape index (κ3) is 2.92. The molecule has 0 saturated heterocycles. The Morgan fingerprint density at radius 3 is 2.10 bits per heavy atom. The molecule has 1 aliphatic carbocycles. The van der Waals surface area contributed by atoms with Crippen molar-refractivity contribution in [1.29, 1.82) is 0 Å². The summed E-state index contributed by atoms with van der Waals surface area (Å²) in [6.07, 6.45) is 4.50. The molecule has 2 rings (SSSR count). The summed E-state index contributed by atoms with van der Waals surface area (Å²) < 4.78 is 0. The van der Waals surface area contributed by atoms with Crippen molar-refractivity contribution in [3.8, 4) is 0 Å². The van der Waals surface area contributed by atoms with Crippen molar-refractivity contribution in [3.05, 3.63) is 41.0 Å². The van der Waals surface area contributed by atoms with Gasteiger partial charge in [0.15, 0.2) is 0 Å². The first kappa shape index (κ1) is 15.2. The van der Waals surface area contributed by atoms with Crippen molar-refractivity contribution in [2.75, 3.05) is 5.32 Å². The summed E-state index contributed by atoms with van der Waals surface area (Å²) in [5.41, 5.74) is 5.71. The molecular formula is C19H29N. The summed E-state index contributed by atoms with van der Waals surface area (Å²) in [7, 11) is 0. The van der Waals surface area contributed by atoms with E-state index in [1.54, 1.807) is 0 Å². The van der Waals surface area contributed by atoms with Gasteiger partial charge in [-0.3, -0.25) is 0 Å². The maximum atomic E-state index is 3.76. The Morgan fingerprint density at radius 1 is 1.10 bits per heavy atom. The Kier molecular flexibility index (Phi) is 4.00. The number of hydrogen-bond acceptors (Lipinski definition) is 1. The van der Waals surface area contributed by atoms with Gasteiger partial charge in [0, 0.05) is 17.6 Å². The molecule has 3 atom stereocenters. The second-order valence-corrected chi connectivity index (χ2v) is 7.37. The lowest BCUT2D eigenvalue weighted by molar-refractivity contribution is 0.589. The van der Waals surface area contributed by atoms with Gasteiger partial charge in [0.1, 0.15) is 0 Å². The highest BCUT2D eigenvalue weighted by Crippen LogP contribution is 2.43. The average Bonchev–Trinajstić information content (AvgIpc) is 2.92. The van der Waals surface area contributed by atoms with Crippen LogP contribution in [0.3, 0.4) is 0 Å². The molecule has 1 aliphatic rings. The van der Waals surface area contributed by atoms with Crippen molar-refractivity contribution < 1.29 is 0 Å². The van der Waals surface area contributed by atoms with Crippen LogP contribution in [0.15, 0.2) is 24.3 Å². The van der Waals surface area contributed by atoms with Crippen LogP contribution in [-0.2, 0) is 5.41 Å². The molecule has 3 unspecified atom stereocenters. The minimum absolute atomic E-state index is 0.217. The molecule has 0 spiro atoms. The maximum absolute atomic E-state index is 3.76. The van der Waals surface area contributed by atoms with E-state index in [1.165, 1.54) is 22.4 Å². The molecule has 0 radical (unpaired) electrons. The number of rotatable bonds is 3. The smallest absolute Gasteiger partial charge is 0.0402 e. The van der Waals surface area contributed by atoms with Gasteiger partial charge in [0.2, 0.25) is 0 Å². The van der Waals surface area contributed by atoms with Crippen LogP contribution in [0.1, 0.15) is 51.3 Å². The normalized spacial score (nSPS) is 26.1. The van der Waals surface area contributed by atoms with Crippen LogP contribution in [0.5, 0.6) is 0 Å². The van der Waals surface area contributed by atoms with Gasteiger partial charge in [0.05, 0.1) is 0 Å². The minimum Gasteiger partial charge on any atom is -0.381 e. The lowest BCUT2D eigenvalue weighted by Crippen LogP contribution is -2.14. The third-order valence-electron chi connectivity index (χ3n) is 4.57. The fourth-order valence-corrected chi connectivity index (χ4v) is 3.03. The first-order chi connectivity index (χ1) is 9.25. The largest absolute Gasteiger partial charge is 0.381 e. The fraction of sp³-hybridized carbons (Fsp3) is 0.579. The van der Waals surface area contributed by atoms with E-state index in [0.717, 1.165) is 5.92 Å². The van der Waals surface area contributed by atoms with Gasteiger partial charge in [-0.05, 0) is 48.8 Å². The quantitative estimate of drug-likeness (QED) is 0.743. The Balaban J connectivity index is 2.22. The summed E-state index contributed by atoms with van der Waals surface area (Å²) in [4.78, 5) is 0. The highest BCUT2D eigenvalue weighted by molar-refractivity contribution is 5.60. The highest BCUT2D eigenvalue weighted by Gasteiger charge is 2.44. The van der Waals surface area contributed by atoms with Crippen molar-refractivity contribution >= 4 is 5.69 Å². The summed E-state index contributed by atoms with van der Waals surface area (Å²) in [6, 6.07) is 5.28. The van der Waals surface area contributed by atoms with Crippen LogP contribution in [-0.4, -0.2) is 6.04 Å². The first-order valence-electron chi connectivity index (χ1n) is 7.76. The predicted octanol–water partition coefficient (Wildman–Crippen LogP) is 5.22. The van der Waals surface area contributed by atoms with E-state index in [9.17, 15) is 0 Å². The summed E-state index contributed by atoms with van der Waals surface area (Å²) >= 11 is 0. The fourth-order valence-electron chi connectivity index (χ4n) is 3.03. The molecule has 1 N–H and O–H groups in total.